The summed E-state index contributed by atoms with van der Waals surface area (Å²) >= 11 is 0. The van der Waals surface area contributed by atoms with Crippen LogP contribution >= 0.6 is 0 Å². The van der Waals surface area contributed by atoms with E-state index in [4.69, 9.17) is 9.47 Å². The van der Waals surface area contributed by atoms with Gasteiger partial charge in [0.2, 0.25) is 0 Å². The summed E-state index contributed by atoms with van der Waals surface area (Å²) in [7, 11) is 0. The molecule has 27 heavy (non-hydrogen) atoms. The Morgan fingerprint density at radius 2 is 1.67 bits per heavy atom. The van der Waals surface area contributed by atoms with Crippen molar-refractivity contribution in [2.45, 2.75) is 59.3 Å². The highest BCUT2D eigenvalue weighted by Gasteiger charge is 2.49. The van der Waals surface area contributed by atoms with Crippen molar-refractivity contribution in [1.82, 2.24) is 10.4 Å². The van der Waals surface area contributed by atoms with Gasteiger partial charge >= 0.3 is 12.2 Å². The van der Waals surface area contributed by atoms with Crippen molar-refractivity contribution in [3.8, 4) is 0 Å². The smallest absolute Gasteiger partial charge is 0.430 e. The van der Waals surface area contributed by atoms with Gasteiger partial charge in [0.1, 0.15) is 0 Å². The van der Waals surface area contributed by atoms with Gasteiger partial charge in [-0.05, 0) is 64.3 Å². The van der Waals surface area contributed by atoms with Crippen molar-refractivity contribution < 1.29 is 23.9 Å². The van der Waals surface area contributed by atoms with Crippen LogP contribution in [0.15, 0.2) is 29.8 Å². The lowest BCUT2D eigenvalue weighted by Crippen LogP contribution is -2.61. The van der Waals surface area contributed by atoms with Gasteiger partial charge in [0, 0.05) is 0 Å². The Labute approximate surface area is 159 Å². The lowest BCUT2D eigenvalue weighted by molar-refractivity contribution is -0.128. The summed E-state index contributed by atoms with van der Waals surface area (Å²) < 4.78 is 10.4. The molecule has 1 aliphatic carbocycles. The molecule has 0 fully saturated rings. The third kappa shape index (κ3) is 4.13. The largest absolute Gasteiger partial charge is 0.446 e. The standard InChI is InChI=1S/C20H26N2O5/c1-12(2)26-18(24)21-22(19(25)27-13(3)4)20(6)16-10-8-7-9-15(16)11-14(5)17(20)23/h7-13H,1-6H3,(H,21,24). The lowest BCUT2D eigenvalue weighted by Gasteiger charge is -2.41. The van der Waals surface area contributed by atoms with E-state index in [1.54, 1.807) is 59.8 Å². The number of hydrogen-bond donors (Lipinski definition) is 1. The molecule has 1 aromatic carbocycles. The van der Waals surface area contributed by atoms with Gasteiger partial charge < -0.3 is 9.47 Å². The molecule has 146 valence electrons. The van der Waals surface area contributed by atoms with Crippen molar-refractivity contribution in [3.05, 3.63) is 41.0 Å². The Bertz CT molecular complexity index is 784. The molecule has 0 spiro atoms. The molecular formula is C20H26N2O5. The normalized spacial score (nSPS) is 18.7. The molecule has 1 aromatic rings. The molecule has 0 heterocycles. The average molecular weight is 374 g/mol. The maximum Gasteiger partial charge on any atom is 0.430 e. The van der Waals surface area contributed by atoms with Crippen LogP contribution in [0.5, 0.6) is 0 Å². The second-order valence-electron chi connectivity index (χ2n) is 7.15. The topological polar surface area (TPSA) is 84.9 Å². The Balaban J connectivity index is 2.55. The second kappa shape index (κ2) is 7.82. The maximum atomic E-state index is 13.1. The van der Waals surface area contributed by atoms with Gasteiger partial charge in [0.05, 0.1) is 12.2 Å². The highest BCUT2D eigenvalue weighted by atomic mass is 16.6. The first-order valence-electron chi connectivity index (χ1n) is 8.88. The molecule has 0 aromatic heterocycles. The minimum atomic E-state index is -1.47. The predicted molar refractivity (Wildman–Crippen MR) is 101 cm³/mol. The number of nitrogens with zero attached hydrogens (tertiary/aromatic N) is 1. The summed E-state index contributed by atoms with van der Waals surface area (Å²) in [5.74, 6) is -0.313. The summed E-state index contributed by atoms with van der Waals surface area (Å²) in [4.78, 5) is 38.2. The molecule has 0 saturated carbocycles. The Hall–Kier alpha value is -2.83. The quantitative estimate of drug-likeness (QED) is 0.814. The molecule has 2 rings (SSSR count). The van der Waals surface area contributed by atoms with Gasteiger partial charge in [-0.25, -0.2) is 15.0 Å². The SMILES string of the molecule is CC1=Cc2ccccc2C(C)(N(NC(=O)OC(C)C)C(=O)OC(C)C)C1=O. The van der Waals surface area contributed by atoms with Gasteiger partial charge in [-0.3, -0.25) is 4.79 Å². The van der Waals surface area contributed by atoms with E-state index in [-0.39, 0.29) is 5.78 Å². The highest BCUT2D eigenvalue weighted by Crippen LogP contribution is 2.38. The van der Waals surface area contributed by atoms with Gasteiger partial charge in [-0.15, -0.1) is 0 Å². The zero-order valence-corrected chi connectivity index (χ0v) is 16.5. The number of ketones is 1. The molecule has 1 atom stereocenters. The number of carbonyl (C=O) groups is 3. The van der Waals surface area contributed by atoms with Crippen LogP contribution in [0.1, 0.15) is 52.7 Å². The van der Waals surface area contributed by atoms with E-state index in [0.29, 0.717) is 11.1 Å². The number of carbonyl (C=O) groups excluding carboxylic acids is 3. The molecular weight excluding hydrogens is 348 g/mol. The number of hydrazine groups is 1. The summed E-state index contributed by atoms with van der Waals surface area (Å²) in [5, 5.41) is 0.926. The number of rotatable bonds is 3. The number of ether oxygens (including phenoxy) is 2. The number of fused-ring (bicyclic) bond motifs is 1. The van der Waals surface area contributed by atoms with Crippen LogP contribution in [0.2, 0.25) is 0 Å². The van der Waals surface area contributed by atoms with Gasteiger partial charge in [-0.2, -0.15) is 5.01 Å². The zero-order valence-electron chi connectivity index (χ0n) is 16.5. The third-order valence-electron chi connectivity index (χ3n) is 4.17. The van der Waals surface area contributed by atoms with E-state index in [1.165, 1.54) is 0 Å². The second-order valence-corrected chi connectivity index (χ2v) is 7.15. The van der Waals surface area contributed by atoms with Crippen LogP contribution < -0.4 is 5.43 Å². The van der Waals surface area contributed by atoms with E-state index in [1.807, 2.05) is 12.1 Å². The number of Topliss-reactive ketones (excluding diaryl/α,β-unsaturated/α-hetero) is 1. The van der Waals surface area contributed by atoms with Crippen molar-refractivity contribution in [2.75, 3.05) is 0 Å². The van der Waals surface area contributed by atoms with Crippen LogP contribution in [0.4, 0.5) is 9.59 Å². The Morgan fingerprint density at radius 3 is 2.26 bits per heavy atom. The maximum absolute atomic E-state index is 13.1. The predicted octanol–water partition coefficient (Wildman–Crippen LogP) is 3.78. The Kier molecular flexibility index (Phi) is 5.93. The Morgan fingerprint density at radius 1 is 1.07 bits per heavy atom. The van der Waals surface area contributed by atoms with Crippen LogP contribution in [-0.2, 0) is 19.8 Å². The van der Waals surface area contributed by atoms with Crippen molar-refractivity contribution in [2.24, 2.45) is 0 Å². The number of amides is 2. The number of hydrogen-bond acceptors (Lipinski definition) is 5. The fraction of sp³-hybridized carbons (Fsp3) is 0.450. The van der Waals surface area contributed by atoms with Crippen LogP contribution in [0.3, 0.4) is 0 Å². The van der Waals surface area contributed by atoms with E-state index >= 15 is 0 Å². The number of benzene rings is 1. The minimum Gasteiger partial charge on any atom is -0.446 e. The van der Waals surface area contributed by atoms with E-state index < -0.39 is 29.9 Å². The first kappa shape index (κ1) is 20.5. The number of nitrogens with one attached hydrogen (secondary N) is 1. The first-order chi connectivity index (χ1) is 12.6. The highest BCUT2D eigenvalue weighted by molar-refractivity contribution is 6.10. The monoisotopic (exact) mass is 374 g/mol. The molecule has 1 unspecified atom stereocenters. The summed E-state index contributed by atoms with van der Waals surface area (Å²) in [6, 6.07) is 7.22. The van der Waals surface area contributed by atoms with Crippen molar-refractivity contribution in [3.63, 3.8) is 0 Å². The van der Waals surface area contributed by atoms with Crippen molar-refractivity contribution in [1.29, 1.82) is 0 Å². The van der Waals surface area contributed by atoms with Gasteiger partial charge in [-0.1, -0.05) is 24.3 Å². The zero-order chi connectivity index (χ0) is 20.4. The molecule has 0 saturated heterocycles. The molecule has 0 radical (unpaired) electrons. The fourth-order valence-corrected chi connectivity index (χ4v) is 3.02. The third-order valence-corrected chi connectivity index (χ3v) is 4.17. The molecule has 0 bridgehead atoms. The van der Waals surface area contributed by atoms with Gasteiger partial charge in [0.25, 0.3) is 0 Å². The summed E-state index contributed by atoms with van der Waals surface area (Å²) in [6.45, 7) is 10.0. The van der Waals surface area contributed by atoms with E-state index in [2.05, 4.69) is 5.43 Å². The molecule has 1 N–H and O–H groups in total. The summed E-state index contributed by atoms with van der Waals surface area (Å²) in [6.07, 6.45) is -0.748. The average Bonchev–Trinajstić information content (AvgIpc) is 2.56. The van der Waals surface area contributed by atoms with E-state index in [0.717, 1.165) is 10.6 Å². The molecule has 2 amide bonds. The van der Waals surface area contributed by atoms with E-state index in [9.17, 15) is 14.4 Å². The van der Waals surface area contributed by atoms with Crippen LogP contribution in [0, 0.1) is 0 Å². The molecule has 7 nitrogen and oxygen atoms in total. The minimum absolute atomic E-state index is 0.313. The fourth-order valence-electron chi connectivity index (χ4n) is 3.02. The molecule has 1 aliphatic rings. The van der Waals surface area contributed by atoms with Crippen LogP contribution in [-0.4, -0.2) is 35.2 Å². The molecule has 0 aliphatic heterocycles. The summed E-state index contributed by atoms with van der Waals surface area (Å²) in [5.41, 5.74) is 2.78. The van der Waals surface area contributed by atoms with Crippen LogP contribution in [0.25, 0.3) is 6.08 Å². The van der Waals surface area contributed by atoms with Crippen molar-refractivity contribution >= 4 is 24.0 Å². The molecule has 7 heteroatoms. The lowest BCUT2D eigenvalue weighted by atomic mass is 9.77. The van der Waals surface area contributed by atoms with Gasteiger partial charge in [0.15, 0.2) is 11.3 Å². The first-order valence-corrected chi connectivity index (χ1v) is 8.88.